The molecule has 0 amide bonds. The number of nitrogens with zero attached hydrogens (tertiary/aromatic N) is 4. The number of rotatable bonds is 6. The lowest BCUT2D eigenvalue weighted by molar-refractivity contribution is -0.137. The first kappa shape index (κ1) is 24.2. The number of aryl methyl sites for hydroxylation is 1. The Labute approximate surface area is 206 Å². The van der Waals surface area contributed by atoms with Crippen LogP contribution in [-0.4, -0.2) is 25.6 Å². The largest absolute Gasteiger partial charge is 0.478 e. The summed E-state index contributed by atoms with van der Waals surface area (Å²) >= 11 is 13.6. The number of aromatic nitrogens is 3. The fraction of sp³-hybridized carbons (Fsp3) is 0.136. The van der Waals surface area contributed by atoms with Crippen molar-refractivity contribution in [3.63, 3.8) is 0 Å². The predicted molar refractivity (Wildman–Crippen MR) is 125 cm³/mol. The van der Waals surface area contributed by atoms with E-state index >= 15 is 0 Å². The number of carboxylic acids is 1. The van der Waals surface area contributed by atoms with E-state index in [0.29, 0.717) is 11.1 Å². The Kier molecular flexibility index (Phi) is 6.66. The van der Waals surface area contributed by atoms with Crippen LogP contribution in [0.2, 0.25) is 10.0 Å². The third kappa shape index (κ3) is 5.08. The quantitative estimate of drug-likeness (QED) is 0.281. The number of carboxylic acid groups (broad SMARTS) is 1. The maximum atomic E-state index is 13.1. The van der Waals surface area contributed by atoms with Crippen molar-refractivity contribution >= 4 is 58.0 Å². The molecule has 34 heavy (non-hydrogen) atoms. The molecular formula is C22H15Cl2F3N4O2S. The second-order valence-corrected chi connectivity index (χ2v) is 9.17. The van der Waals surface area contributed by atoms with E-state index in [1.807, 2.05) is 29.9 Å². The zero-order chi connectivity index (χ0) is 24.6. The molecule has 6 nitrogen and oxygen atoms in total. The third-order valence-electron chi connectivity index (χ3n) is 4.86. The van der Waals surface area contributed by atoms with E-state index < -0.39 is 17.7 Å². The van der Waals surface area contributed by atoms with Crippen LogP contribution in [0.5, 0.6) is 0 Å². The maximum absolute atomic E-state index is 13.1. The molecule has 3 heterocycles. The first-order valence-corrected chi connectivity index (χ1v) is 11.2. The molecular weight excluding hydrogens is 512 g/mol. The fourth-order valence-corrected chi connectivity index (χ4v) is 4.76. The molecule has 1 N–H and O–H groups in total. The van der Waals surface area contributed by atoms with Gasteiger partial charge in [0.25, 0.3) is 0 Å². The van der Waals surface area contributed by atoms with Crippen LogP contribution < -0.4 is 4.31 Å². The van der Waals surface area contributed by atoms with Gasteiger partial charge in [0.05, 0.1) is 27.7 Å². The molecule has 0 spiro atoms. The smallest absolute Gasteiger partial charge is 0.417 e. The van der Waals surface area contributed by atoms with E-state index in [9.17, 15) is 18.0 Å². The Bertz CT molecular complexity index is 1390. The first-order chi connectivity index (χ1) is 16.0. The minimum Gasteiger partial charge on any atom is -0.478 e. The van der Waals surface area contributed by atoms with Gasteiger partial charge in [-0.25, -0.2) is 14.8 Å². The molecule has 4 rings (SSSR count). The molecule has 0 radical (unpaired) electrons. The molecule has 0 aliphatic heterocycles. The summed E-state index contributed by atoms with van der Waals surface area (Å²) in [5.74, 6) is -1.05. The average Bonchev–Trinajstić information content (AvgIpc) is 3.14. The number of alkyl halides is 3. The van der Waals surface area contributed by atoms with Crippen molar-refractivity contribution in [2.45, 2.75) is 17.6 Å². The Hall–Kier alpha value is -2.95. The molecule has 4 aromatic rings. The predicted octanol–water partition coefficient (Wildman–Crippen LogP) is 6.71. The summed E-state index contributed by atoms with van der Waals surface area (Å²) < 4.78 is 42.8. The number of halogens is 5. The summed E-state index contributed by atoms with van der Waals surface area (Å²) in [6, 6.07) is 8.81. The van der Waals surface area contributed by atoms with E-state index in [1.165, 1.54) is 18.2 Å². The molecule has 1 aromatic carbocycles. The number of anilines is 1. The van der Waals surface area contributed by atoms with E-state index in [4.69, 9.17) is 28.3 Å². The number of carbonyl (C=O) groups is 1. The Morgan fingerprint density at radius 3 is 2.53 bits per heavy atom. The van der Waals surface area contributed by atoms with Gasteiger partial charge in [-0.2, -0.15) is 13.2 Å². The molecule has 0 saturated carbocycles. The van der Waals surface area contributed by atoms with E-state index in [0.717, 1.165) is 34.6 Å². The van der Waals surface area contributed by atoms with Crippen LogP contribution in [0, 0.1) is 0 Å². The van der Waals surface area contributed by atoms with Crippen molar-refractivity contribution in [1.29, 1.82) is 0 Å². The summed E-state index contributed by atoms with van der Waals surface area (Å²) in [6.07, 6.45) is -0.358. The van der Waals surface area contributed by atoms with Crippen molar-refractivity contribution in [1.82, 2.24) is 14.5 Å². The molecule has 0 atom stereocenters. The molecule has 0 bridgehead atoms. The van der Waals surface area contributed by atoms with E-state index in [2.05, 4.69) is 9.97 Å². The molecule has 3 aromatic heterocycles. The normalized spacial score (nSPS) is 11.7. The van der Waals surface area contributed by atoms with Crippen molar-refractivity contribution in [2.24, 2.45) is 7.05 Å². The number of benzene rings is 1. The van der Waals surface area contributed by atoms with Crippen molar-refractivity contribution in [3.8, 4) is 0 Å². The van der Waals surface area contributed by atoms with Gasteiger partial charge < -0.3 is 9.67 Å². The van der Waals surface area contributed by atoms with Crippen LogP contribution in [0.3, 0.4) is 0 Å². The highest BCUT2D eigenvalue weighted by Gasteiger charge is 2.32. The molecule has 0 unspecified atom stereocenters. The standard InChI is InChI=1S/C22H15Cl2F3N4O2S/c1-30-5-4-13-6-12(9-28-19(13)30)11-31(20-17(24)8-15(10-29-20)22(25,26)27)34-18-3-2-14(21(32)33)7-16(18)23/h2-10H,11H2,1H3,(H,32,33). The molecule has 0 aliphatic carbocycles. The number of fused-ring (bicyclic) bond motifs is 1. The summed E-state index contributed by atoms with van der Waals surface area (Å²) in [5, 5.41) is 10.0. The monoisotopic (exact) mass is 526 g/mol. The lowest BCUT2D eigenvalue weighted by atomic mass is 10.2. The van der Waals surface area contributed by atoms with Crippen LogP contribution in [0.25, 0.3) is 11.0 Å². The van der Waals surface area contributed by atoms with Crippen molar-refractivity contribution in [2.75, 3.05) is 4.31 Å². The van der Waals surface area contributed by atoms with Gasteiger partial charge in [0.2, 0.25) is 0 Å². The Morgan fingerprint density at radius 1 is 1.12 bits per heavy atom. The topological polar surface area (TPSA) is 71.2 Å². The molecule has 176 valence electrons. The van der Waals surface area contributed by atoms with Gasteiger partial charge in [0.15, 0.2) is 5.82 Å². The van der Waals surface area contributed by atoms with E-state index in [-0.39, 0.29) is 28.0 Å². The number of hydrogen-bond donors (Lipinski definition) is 1. The Balaban J connectivity index is 1.73. The van der Waals surface area contributed by atoms with Gasteiger partial charge in [-0.3, -0.25) is 4.31 Å². The minimum absolute atomic E-state index is 0.00492. The molecule has 0 fully saturated rings. The van der Waals surface area contributed by atoms with Crippen LogP contribution in [0.1, 0.15) is 21.5 Å². The number of hydrogen-bond acceptors (Lipinski definition) is 5. The lowest BCUT2D eigenvalue weighted by Crippen LogP contribution is -2.17. The zero-order valence-electron chi connectivity index (χ0n) is 17.3. The van der Waals surface area contributed by atoms with Crippen LogP contribution in [0.15, 0.2) is 59.9 Å². The van der Waals surface area contributed by atoms with Gasteiger partial charge in [-0.1, -0.05) is 23.2 Å². The summed E-state index contributed by atoms with van der Waals surface area (Å²) in [4.78, 5) is 20.1. The van der Waals surface area contributed by atoms with Gasteiger partial charge >= 0.3 is 12.1 Å². The fourth-order valence-electron chi connectivity index (χ4n) is 3.20. The van der Waals surface area contributed by atoms with Crippen LogP contribution in [0.4, 0.5) is 19.0 Å². The molecule has 0 saturated heterocycles. The highest BCUT2D eigenvalue weighted by molar-refractivity contribution is 8.00. The zero-order valence-corrected chi connectivity index (χ0v) is 19.7. The molecule has 12 heteroatoms. The Morgan fingerprint density at radius 2 is 1.88 bits per heavy atom. The minimum atomic E-state index is -4.59. The van der Waals surface area contributed by atoms with Gasteiger partial charge in [-0.15, -0.1) is 0 Å². The summed E-state index contributed by atoms with van der Waals surface area (Å²) in [6.45, 7) is 0.178. The van der Waals surface area contributed by atoms with Crippen LogP contribution in [-0.2, 0) is 19.8 Å². The molecule has 0 aliphatic rings. The van der Waals surface area contributed by atoms with Crippen molar-refractivity contribution in [3.05, 3.63) is 81.7 Å². The second-order valence-electron chi connectivity index (χ2n) is 7.29. The van der Waals surface area contributed by atoms with Crippen molar-refractivity contribution < 1.29 is 23.1 Å². The van der Waals surface area contributed by atoms with Gasteiger partial charge in [0, 0.05) is 35.9 Å². The van der Waals surface area contributed by atoms with Gasteiger partial charge in [-0.05, 0) is 53.9 Å². The lowest BCUT2D eigenvalue weighted by Gasteiger charge is -2.24. The highest BCUT2D eigenvalue weighted by Crippen LogP contribution is 2.39. The average molecular weight is 527 g/mol. The van der Waals surface area contributed by atoms with E-state index in [1.54, 1.807) is 10.5 Å². The van der Waals surface area contributed by atoms with Gasteiger partial charge in [0.1, 0.15) is 5.65 Å². The highest BCUT2D eigenvalue weighted by atomic mass is 35.5. The third-order valence-corrected chi connectivity index (χ3v) is 6.64. The number of pyridine rings is 2. The SMILES string of the molecule is Cn1ccc2cc(CN(Sc3ccc(C(=O)O)cc3Cl)c3ncc(C(F)(F)F)cc3Cl)cnc21. The maximum Gasteiger partial charge on any atom is 0.417 e. The van der Waals surface area contributed by atoms with Crippen LogP contribution >= 0.6 is 35.1 Å². The number of aromatic carboxylic acids is 1. The first-order valence-electron chi connectivity index (χ1n) is 9.64. The summed E-state index contributed by atoms with van der Waals surface area (Å²) in [5.41, 5.74) is 0.566. The summed E-state index contributed by atoms with van der Waals surface area (Å²) in [7, 11) is 1.87. The second kappa shape index (κ2) is 9.36.